The van der Waals surface area contributed by atoms with Crippen molar-refractivity contribution in [3.05, 3.63) is 94.0 Å². The van der Waals surface area contributed by atoms with Crippen LogP contribution in [0.4, 0.5) is 4.39 Å². The molecule has 1 unspecified atom stereocenters. The molecule has 140 valence electrons. The molecule has 1 atom stereocenters. The molecule has 0 spiro atoms. The fourth-order valence-corrected chi connectivity index (χ4v) is 3.72. The van der Waals surface area contributed by atoms with Crippen LogP contribution in [0.5, 0.6) is 0 Å². The van der Waals surface area contributed by atoms with Crippen molar-refractivity contribution in [3.63, 3.8) is 0 Å². The average Bonchev–Trinajstić information content (AvgIpc) is 3.37. The highest BCUT2D eigenvalue weighted by molar-refractivity contribution is 7.10. The van der Waals surface area contributed by atoms with Crippen molar-refractivity contribution in [2.45, 2.75) is 13.0 Å². The normalized spacial score (nSPS) is 11.9. The van der Waals surface area contributed by atoms with Gasteiger partial charge in [0.1, 0.15) is 11.5 Å². The number of carbonyl (C=O) groups is 1. The van der Waals surface area contributed by atoms with E-state index in [-0.39, 0.29) is 23.3 Å². The maximum atomic E-state index is 14.1. The minimum absolute atomic E-state index is 0.152. The number of thiophene rings is 1. The van der Waals surface area contributed by atoms with Gasteiger partial charge in [-0.1, -0.05) is 23.4 Å². The van der Waals surface area contributed by atoms with Crippen molar-refractivity contribution in [1.29, 1.82) is 0 Å². The highest BCUT2D eigenvalue weighted by Gasteiger charge is 2.23. The molecule has 0 saturated heterocycles. The van der Waals surface area contributed by atoms with Gasteiger partial charge in [-0.3, -0.25) is 9.78 Å². The summed E-state index contributed by atoms with van der Waals surface area (Å²) in [7, 11) is 0. The molecule has 6 nitrogen and oxygen atoms in total. The van der Waals surface area contributed by atoms with Gasteiger partial charge in [-0.25, -0.2) is 9.07 Å². The van der Waals surface area contributed by atoms with E-state index in [0.717, 1.165) is 10.4 Å². The molecule has 3 heterocycles. The van der Waals surface area contributed by atoms with Crippen molar-refractivity contribution in [1.82, 2.24) is 25.3 Å². The molecule has 3 aromatic heterocycles. The maximum Gasteiger partial charge on any atom is 0.274 e. The Balaban J connectivity index is 1.65. The first-order valence-corrected chi connectivity index (χ1v) is 9.44. The van der Waals surface area contributed by atoms with Gasteiger partial charge in [0.2, 0.25) is 0 Å². The van der Waals surface area contributed by atoms with Crippen molar-refractivity contribution in [2.24, 2.45) is 0 Å². The van der Waals surface area contributed by atoms with Gasteiger partial charge < -0.3 is 5.32 Å². The van der Waals surface area contributed by atoms with Crippen LogP contribution in [0.3, 0.4) is 0 Å². The van der Waals surface area contributed by atoms with E-state index >= 15 is 0 Å². The van der Waals surface area contributed by atoms with Crippen LogP contribution in [0, 0.1) is 12.7 Å². The van der Waals surface area contributed by atoms with Crippen LogP contribution in [0.25, 0.3) is 5.69 Å². The van der Waals surface area contributed by atoms with Crippen LogP contribution in [-0.4, -0.2) is 25.9 Å². The minimum Gasteiger partial charge on any atom is -0.339 e. The molecule has 0 saturated carbocycles. The first kappa shape index (κ1) is 18.0. The second-order valence-electron chi connectivity index (χ2n) is 6.09. The first-order chi connectivity index (χ1) is 13.6. The Labute approximate surface area is 164 Å². The molecule has 4 rings (SSSR count). The Kier molecular flexibility index (Phi) is 4.94. The topological polar surface area (TPSA) is 72.7 Å². The number of hydrogen-bond acceptors (Lipinski definition) is 5. The third-order valence-electron chi connectivity index (χ3n) is 4.33. The lowest BCUT2D eigenvalue weighted by Gasteiger charge is -2.17. The fourth-order valence-electron chi connectivity index (χ4n) is 2.92. The van der Waals surface area contributed by atoms with Crippen LogP contribution in [0.15, 0.2) is 66.3 Å². The average molecular weight is 393 g/mol. The second-order valence-corrected chi connectivity index (χ2v) is 7.07. The predicted molar refractivity (Wildman–Crippen MR) is 104 cm³/mol. The summed E-state index contributed by atoms with van der Waals surface area (Å²) in [6, 6.07) is 13.5. The number of aromatic nitrogens is 4. The molecular weight excluding hydrogens is 377 g/mol. The van der Waals surface area contributed by atoms with E-state index in [1.165, 1.54) is 10.7 Å². The number of nitrogens with zero attached hydrogens (tertiary/aromatic N) is 4. The summed E-state index contributed by atoms with van der Waals surface area (Å²) >= 11 is 1.55. The van der Waals surface area contributed by atoms with Gasteiger partial charge in [0, 0.05) is 17.3 Å². The van der Waals surface area contributed by atoms with Crippen LogP contribution in [0.2, 0.25) is 0 Å². The molecule has 0 radical (unpaired) electrons. The lowest BCUT2D eigenvalue weighted by atomic mass is 10.1. The number of nitrogens with one attached hydrogen (secondary N) is 1. The number of rotatable bonds is 5. The summed E-state index contributed by atoms with van der Waals surface area (Å²) in [5.74, 6) is -0.814. The zero-order chi connectivity index (χ0) is 19.5. The zero-order valence-electron chi connectivity index (χ0n) is 14.9. The molecule has 0 aliphatic rings. The Morgan fingerprint density at radius 1 is 1.14 bits per heavy atom. The molecule has 1 aromatic carbocycles. The SMILES string of the molecule is Cc1c(C(=O)NC(c2ccncc2)c2cccs2)nnn1-c1ccccc1F. The van der Waals surface area contributed by atoms with E-state index < -0.39 is 5.82 Å². The lowest BCUT2D eigenvalue weighted by Crippen LogP contribution is -2.29. The van der Waals surface area contributed by atoms with Crippen molar-refractivity contribution >= 4 is 17.2 Å². The molecule has 28 heavy (non-hydrogen) atoms. The number of amides is 1. The van der Waals surface area contributed by atoms with E-state index in [1.54, 1.807) is 48.9 Å². The Hall–Kier alpha value is -3.39. The minimum atomic E-state index is -0.435. The number of halogens is 1. The fraction of sp³-hybridized carbons (Fsp3) is 0.100. The van der Waals surface area contributed by atoms with Crippen LogP contribution in [-0.2, 0) is 0 Å². The van der Waals surface area contributed by atoms with Crippen LogP contribution >= 0.6 is 11.3 Å². The van der Waals surface area contributed by atoms with E-state index in [0.29, 0.717) is 5.69 Å². The van der Waals surface area contributed by atoms with Crippen molar-refractivity contribution in [3.8, 4) is 5.69 Å². The smallest absolute Gasteiger partial charge is 0.274 e. The summed E-state index contributed by atoms with van der Waals surface area (Å²) < 4.78 is 15.4. The van der Waals surface area contributed by atoms with Crippen molar-refractivity contribution < 1.29 is 9.18 Å². The predicted octanol–water partition coefficient (Wildman–Crippen LogP) is 3.69. The molecule has 0 bridgehead atoms. The van der Waals surface area contributed by atoms with E-state index in [9.17, 15) is 9.18 Å². The summed E-state index contributed by atoms with van der Waals surface area (Å²) in [5.41, 5.74) is 1.77. The number of para-hydroxylation sites is 1. The molecular formula is C20H16FN5OS. The summed E-state index contributed by atoms with van der Waals surface area (Å²) in [5, 5.41) is 12.9. The Morgan fingerprint density at radius 3 is 2.64 bits per heavy atom. The Morgan fingerprint density at radius 2 is 1.93 bits per heavy atom. The monoisotopic (exact) mass is 393 g/mol. The standard InChI is InChI=1S/C20H16FN5OS/c1-13-18(24-25-26(13)16-6-3-2-5-15(16)21)20(27)23-19(17-7-4-12-28-17)14-8-10-22-11-9-14/h2-12,19H,1H3,(H,23,27). The summed E-state index contributed by atoms with van der Waals surface area (Å²) in [6.07, 6.45) is 3.36. The van der Waals surface area contributed by atoms with E-state index in [1.807, 2.05) is 29.6 Å². The first-order valence-electron chi connectivity index (χ1n) is 8.56. The van der Waals surface area contributed by atoms with Crippen LogP contribution < -0.4 is 5.32 Å². The van der Waals surface area contributed by atoms with E-state index in [2.05, 4.69) is 20.6 Å². The molecule has 1 amide bonds. The van der Waals surface area contributed by atoms with Gasteiger partial charge in [-0.2, -0.15) is 0 Å². The van der Waals surface area contributed by atoms with Gasteiger partial charge in [-0.15, -0.1) is 16.4 Å². The molecule has 0 aliphatic heterocycles. The second kappa shape index (κ2) is 7.69. The number of pyridine rings is 1. The van der Waals surface area contributed by atoms with Gasteiger partial charge in [0.05, 0.1) is 11.7 Å². The summed E-state index contributed by atoms with van der Waals surface area (Å²) in [6.45, 7) is 1.69. The third kappa shape index (κ3) is 3.41. The largest absolute Gasteiger partial charge is 0.339 e. The van der Waals surface area contributed by atoms with E-state index in [4.69, 9.17) is 0 Å². The molecule has 1 N–H and O–H groups in total. The number of hydrogen-bond donors (Lipinski definition) is 1. The third-order valence-corrected chi connectivity index (χ3v) is 5.27. The van der Waals surface area contributed by atoms with Gasteiger partial charge in [0.15, 0.2) is 5.69 Å². The maximum absolute atomic E-state index is 14.1. The van der Waals surface area contributed by atoms with Gasteiger partial charge in [0.25, 0.3) is 5.91 Å². The quantitative estimate of drug-likeness (QED) is 0.561. The van der Waals surface area contributed by atoms with Gasteiger partial charge in [-0.05, 0) is 48.2 Å². The van der Waals surface area contributed by atoms with Crippen molar-refractivity contribution in [2.75, 3.05) is 0 Å². The van der Waals surface area contributed by atoms with Gasteiger partial charge >= 0.3 is 0 Å². The molecule has 0 aliphatic carbocycles. The Bertz CT molecular complexity index is 1100. The lowest BCUT2D eigenvalue weighted by molar-refractivity contribution is 0.0937. The summed E-state index contributed by atoms with van der Waals surface area (Å²) in [4.78, 5) is 18.0. The number of carbonyl (C=O) groups excluding carboxylic acids is 1. The molecule has 8 heteroatoms. The molecule has 4 aromatic rings. The number of benzene rings is 1. The van der Waals surface area contributed by atoms with Crippen LogP contribution in [0.1, 0.15) is 32.7 Å². The molecule has 0 fully saturated rings. The highest BCUT2D eigenvalue weighted by Crippen LogP contribution is 2.26. The highest BCUT2D eigenvalue weighted by atomic mass is 32.1. The zero-order valence-corrected chi connectivity index (χ0v) is 15.7.